The van der Waals surface area contributed by atoms with Crippen molar-refractivity contribution in [2.24, 2.45) is 11.8 Å². The van der Waals surface area contributed by atoms with Crippen LogP contribution in [0.15, 0.2) is 54.6 Å². The van der Waals surface area contributed by atoms with E-state index in [1.807, 2.05) is 55.5 Å². The number of carbonyl (C=O) groups is 1. The van der Waals surface area contributed by atoms with Gasteiger partial charge in [-0.25, -0.2) is 0 Å². The molecule has 1 saturated carbocycles. The summed E-state index contributed by atoms with van der Waals surface area (Å²) in [7, 11) is 0. The molecule has 6 N–H and O–H groups in total. The van der Waals surface area contributed by atoms with Crippen LogP contribution in [-0.2, 0) is 20.7 Å². The Morgan fingerprint density at radius 1 is 1.20 bits per heavy atom. The molecule has 0 radical (unpaired) electrons. The van der Waals surface area contributed by atoms with E-state index >= 15 is 0 Å². The minimum Gasteiger partial charge on any atom is -0.394 e. The molecule has 1 aliphatic carbocycles. The number of unbranched alkanes of at least 4 members (excludes halogenated alkanes) is 1. The van der Waals surface area contributed by atoms with E-state index in [0.29, 0.717) is 32.2 Å². The van der Waals surface area contributed by atoms with E-state index in [2.05, 4.69) is 5.32 Å². The Hall–Kier alpha value is -2.11. The Bertz CT molecular complexity index is 972. The second-order valence-corrected chi connectivity index (χ2v) is 11.5. The van der Waals surface area contributed by atoms with Crippen LogP contribution < -0.4 is 5.32 Å². The van der Waals surface area contributed by atoms with Gasteiger partial charge < -0.3 is 40.3 Å². The Kier molecular flexibility index (Phi) is 13.4. The molecule has 0 bridgehead atoms. The molecule has 9 nitrogen and oxygen atoms in total. The Labute approximate surface area is 243 Å². The molecule has 3 rings (SSSR count). The molecule has 1 aromatic carbocycles. The summed E-state index contributed by atoms with van der Waals surface area (Å²) in [4.78, 5) is 11.7. The van der Waals surface area contributed by atoms with Gasteiger partial charge in [-0.2, -0.15) is 0 Å². The number of aliphatic hydroxyl groups excluding tert-OH is 5. The number of aliphatic hydroxyl groups is 5. The molecule has 1 heterocycles. The topological polar surface area (TPSA) is 149 Å². The van der Waals surface area contributed by atoms with Gasteiger partial charge in [-0.3, -0.25) is 4.79 Å². The second-order valence-electron chi connectivity index (χ2n) is 11.5. The molecule has 41 heavy (non-hydrogen) atoms. The number of rotatable bonds is 15. The molecule has 9 heteroatoms. The lowest BCUT2D eigenvalue weighted by molar-refractivity contribution is -0.330. The number of aryl methyl sites for hydroxylation is 1. The summed E-state index contributed by atoms with van der Waals surface area (Å²) in [5, 5.41) is 54.7. The van der Waals surface area contributed by atoms with Crippen molar-refractivity contribution < 1.29 is 39.8 Å². The maximum Gasteiger partial charge on any atom is 0.219 e. The third-order valence-corrected chi connectivity index (χ3v) is 8.08. The van der Waals surface area contributed by atoms with E-state index in [4.69, 9.17) is 9.47 Å². The van der Waals surface area contributed by atoms with Gasteiger partial charge in [0, 0.05) is 31.7 Å². The van der Waals surface area contributed by atoms with E-state index < -0.39 is 49.0 Å². The van der Waals surface area contributed by atoms with Crippen LogP contribution in [0.1, 0.15) is 64.4 Å². The van der Waals surface area contributed by atoms with E-state index in [-0.39, 0.29) is 24.2 Å². The number of hydrogen-bond acceptors (Lipinski definition) is 8. The highest BCUT2D eigenvalue weighted by Gasteiger charge is 2.49. The highest BCUT2D eigenvalue weighted by molar-refractivity contribution is 5.75. The zero-order chi connectivity index (χ0) is 29.8. The first-order valence-electron chi connectivity index (χ1n) is 15.0. The molecule has 1 amide bonds. The van der Waals surface area contributed by atoms with Gasteiger partial charge in [-0.1, -0.05) is 54.6 Å². The van der Waals surface area contributed by atoms with Gasteiger partial charge >= 0.3 is 0 Å². The smallest absolute Gasteiger partial charge is 0.219 e. The van der Waals surface area contributed by atoms with Gasteiger partial charge in [0.15, 0.2) is 5.79 Å². The molecule has 230 valence electrons. The van der Waals surface area contributed by atoms with Crippen LogP contribution in [0.4, 0.5) is 0 Å². The molecule has 2 aliphatic rings. The minimum atomic E-state index is -1.25. The number of ether oxygens (including phenoxy) is 2. The second kappa shape index (κ2) is 16.5. The predicted octanol–water partition coefficient (Wildman–Crippen LogP) is 2.39. The van der Waals surface area contributed by atoms with Gasteiger partial charge in [0.2, 0.25) is 5.91 Å². The number of amides is 1. The quantitative estimate of drug-likeness (QED) is 0.138. The van der Waals surface area contributed by atoms with Crippen molar-refractivity contribution in [1.82, 2.24) is 5.32 Å². The fourth-order valence-electron chi connectivity index (χ4n) is 5.90. The number of allylic oxidation sites excluding steroid dienone is 2. The predicted molar refractivity (Wildman–Crippen MR) is 156 cm³/mol. The molecule has 9 atom stereocenters. The summed E-state index contributed by atoms with van der Waals surface area (Å²) in [6.45, 7) is 3.74. The Morgan fingerprint density at radius 2 is 1.95 bits per heavy atom. The maximum absolute atomic E-state index is 11.7. The van der Waals surface area contributed by atoms with Crippen molar-refractivity contribution in [3.05, 3.63) is 60.2 Å². The van der Waals surface area contributed by atoms with Crippen LogP contribution in [-0.4, -0.2) is 87.0 Å². The molecule has 2 fully saturated rings. The number of benzene rings is 1. The first kappa shape index (κ1) is 33.4. The van der Waals surface area contributed by atoms with Gasteiger partial charge in [-0.05, 0) is 57.4 Å². The van der Waals surface area contributed by atoms with Crippen molar-refractivity contribution in [3.8, 4) is 0 Å². The first-order chi connectivity index (χ1) is 19.7. The number of nitrogens with one attached hydrogen (secondary N) is 1. The Balaban J connectivity index is 1.67. The van der Waals surface area contributed by atoms with Crippen LogP contribution in [0.5, 0.6) is 0 Å². The molecule has 0 spiro atoms. The summed E-state index contributed by atoms with van der Waals surface area (Å²) in [5.41, 5.74) is 1.15. The van der Waals surface area contributed by atoms with Gasteiger partial charge in [-0.15, -0.1) is 0 Å². The maximum atomic E-state index is 11.7. The fourth-order valence-corrected chi connectivity index (χ4v) is 5.90. The summed E-state index contributed by atoms with van der Waals surface area (Å²) in [5.74, 6) is -1.63. The summed E-state index contributed by atoms with van der Waals surface area (Å²) in [6.07, 6.45) is 6.85. The Morgan fingerprint density at radius 3 is 2.66 bits per heavy atom. The molecule has 1 unspecified atom stereocenters. The van der Waals surface area contributed by atoms with E-state index in [9.17, 15) is 30.3 Å². The SMILES string of the molecule is CCNC(=O)CCC/C=C\C[C@@H]1[C@@H](/C=C/[C@@H](O)CCc2ccccc2)[C@H](O)C[C@@H]1O[C@]1(C)C[C@H](O)[C@H](O)C(CO)O1. The van der Waals surface area contributed by atoms with Crippen LogP contribution in [0.3, 0.4) is 0 Å². The van der Waals surface area contributed by atoms with Gasteiger partial charge in [0.05, 0.1) is 31.0 Å². The van der Waals surface area contributed by atoms with E-state index in [1.165, 1.54) is 0 Å². The molecular formula is C32H49NO8. The van der Waals surface area contributed by atoms with Crippen LogP contribution in [0.25, 0.3) is 0 Å². The summed E-state index contributed by atoms with van der Waals surface area (Å²) in [6, 6.07) is 9.97. The largest absolute Gasteiger partial charge is 0.394 e. The fraction of sp³-hybridized carbons (Fsp3) is 0.656. The molecular weight excluding hydrogens is 526 g/mol. The molecule has 1 aromatic rings. The lowest BCUT2D eigenvalue weighted by Gasteiger charge is -2.44. The van der Waals surface area contributed by atoms with Gasteiger partial charge in [0.1, 0.15) is 12.2 Å². The zero-order valence-electron chi connectivity index (χ0n) is 24.3. The third-order valence-electron chi connectivity index (χ3n) is 8.08. The van der Waals surface area contributed by atoms with Gasteiger partial charge in [0.25, 0.3) is 0 Å². The van der Waals surface area contributed by atoms with E-state index in [0.717, 1.165) is 24.8 Å². The van der Waals surface area contributed by atoms with Crippen LogP contribution >= 0.6 is 0 Å². The summed E-state index contributed by atoms with van der Waals surface area (Å²) < 4.78 is 12.3. The average Bonchev–Trinajstić information content (AvgIpc) is 3.23. The number of carbonyl (C=O) groups excluding carboxylic acids is 1. The molecule has 1 aliphatic heterocycles. The minimum absolute atomic E-state index is 0.0261. The first-order valence-corrected chi connectivity index (χ1v) is 15.0. The molecule has 1 saturated heterocycles. The van der Waals surface area contributed by atoms with Crippen molar-refractivity contribution in [1.29, 1.82) is 0 Å². The monoisotopic (exact) mass is 575 g/mol. The van der Waals surface area contributed by atoms with Crippen LogP contribution in [0.2, 0.25) is 0 Å². The van der Waals surface area contributed by atoms with Crippen molar-refractivity contribution >= 4 is 5.91 Å². The lowest BCUT2D eigenvalue weighted by Crippen LogP contribution is -2.56. The van der Waals surface area contributed by atoms with E-state index in [1.54, 1.807) is 13.0 Å². The average molecular weight is 576 g/mol. The highest BCUT2D eigenvalue weighted by atomic mass is 16.7. The molecule has 0 aromatic heterocycles. The normalized spacial score (nSPS) is 33.0. The van der Waals surface area contributed by atoms with Crippen molar-refractivity contribution in [2.45, 2.75) is 108 Å². The lowest BCUT2D eigenvalue weighted by atomic mass is 9.89. The number of hydrogen-bond donors (Lipinski definition) is 6. The van der Waals surface area contributed by atoms with Crippen molar-refractivity contribution in [2.75, 3.05) is 13.2 Å². The zero-order valence-corrected chi connectivity index (χ0v) is 24.3. The highest BCUT2D eigenvalue weighted by Crippen LogP contribution is 2.42. The standard InChI is InChI=1S/C32H49NO8/c1-3-33-30(38)14-10-5-4-9-13-25-24(18-17-23(35)16-15-22-11-7-6-8-12-22)26(36)19-28(25)40-32(2)20-27(37)31(39)29(21-34)41-32/h4,6-9,11-12,17-18,23-29,31,34-37,39H,3,5,10,13-16,19-21H2,1-2H3,(H,33,38)/b9-4-,18-17+/t23-,24+,25+,26+,27-,28-,29?,31-,32-/m0/s1. The third kappa shape index (κ3) is 10.3. The van der Waals surface area contributed by atoms with Crippen molar-refractivity contribution in [3.63, 3.8) is 0 Å². The summed E-state index contributed by atoms with van der Waals surface area (Å²) >= 11 is 0. The van der Waals surface area contributed by atoms with Crippen LogP contribution in [0, 0.1) is 11.8 Å².